The molecule has 25 heavy (non-hydrogen) atoms. The van der Waals surface area contributed by atoms with Gasteiger partial charge < -0.3 is 15.5 Å². The Hall–Kier alpha value is -1.71. The Morgan fingerprint density at radius 2 is 1.80 bits per heavy atom. The minimum absolute atomic E-state index is 0.0259. The molecule has 2 aliphatic rings. The van der Waals surface area contributed by atoms with E-state index in [1.807, 2.05) is 0 Å². The maximum Gasteiger partial charge on any atom is 0.315 e. The van der Waals surface area contributed by atoms with E-state index in [0.717, 1.165) is 37.4 Å². The predicted molar refractivity (Wildman–Crippen MR) is 104 cm³/mol. The molecule has 1 saturated carbocycles. The Morgan fingerprint density at radius 1 is 1.08 bits per heavy atom. The van der Waals surface area contributed by atoms with E-state index in [2.05, 4.69) is 53.6 Å². The Bertz CT molecular complexity index is 551. The van der Waals surface area contributed by atoms with Crippen molar-refractivity contribution < 1.29 is 4.79 Å². The Kier molecular flexibility index (Phi) is 6.22. The van der Waals surface area contributed by atoms with E-state index in [-0.39, 0.29) is 12.1 Å². The van der Waals surface area contributed by atoms with Crippen molar-refractivity contribution in [2.45, 2.75) is 70.9 Å². The number of piperidine rings is 1. The Morgan fingerprint density at radius 3 is 2.48 bits per heavy atom. The van der Waals surface area contributed by atoms with Crippen molar-refractivity contribution in [2.75, 3.05) is 18.0 Å². The fourth-order valence-electron chi connectivity index (χ4n) is 4.15. The van der Waals surface area contributed by atoms with Gasteiger partial charge in [-0.15, -0.1) is 0 Å². The molecule has 4 nitrogen and oxygen atoms in total. The molecular weight excluding hydrogens is 310 g/mol. The van der Waals surface area contributed by atoms with Gasteiger partial charge in [0.15, 0.2) is 0 Å². The van der Waals surface area contributed by atoms with Crippen LogP contribution in [-0.4, -0.2) is 25.2 Å². The van der Waals surface area contributed by atoms with E-state index < -0.39 is 0 Å². The molecule has 2 fully saturated rings. The zero-order chi connectivity index (χ0) is 17.6. The fourth-order valence-corrected chi connectivity index (χ4v) is 4.15. The van der Waals surface area contributed by atoms with Crippen molar-refractivity contribution in [3.8, 4) is 0 Å². The highest BCUT2D eigenvalue weighted by atomic mass is 16.2. The summed E-state index contributed by atoms with van der Waals surface area (Å²) < 4.78 is 0. The molecule has 2 N–H and O–H groups in total. The highest BCUT2D eigenvalue weighted by molar-refractivity contribution is 5.74. The third-order valence-corrected chi connectivity index (χ3v) is 5.70. The third kappa shape index (κ3) is 5.13. The van der Waals surface area contributed by atoms with Crippen molar-refractivity contribution in [3.63, 3.8) is 0 Å². The van der Waals surface area contributed by atoms with Gasteiger partial charge in [0.25, 0.3) is 0 Å². The molecule has 1 aromatic rings. The van der Waals surface area contributed by atoms with Crippen molar-refractivity contribution in [3.05, 3.63) is 29.8 Å². The molecule has 0 radical (unpaired) electrons. The van der Waals surface area contributed by atoms with Crippen molar-refractivity contribution >= 4 is 11.7 Å². The summed E-state index contributed by atoms with van der Waals surface area (Å²) >= 11 is 0. The van der Waals surface area contributed by atoms with Crippen LogP contribution in [0.4, 0.5) is 10.5 Å². The lowest BCUT2D eigenvalue weighted by Gasteiger charge is -2.33. The van der Waals surface area contributed by atoms with E-state index in [1.165, 1.54) is 37.8 Å². The van der Waals surface area contributed by atoms with Crippen LogP contribution in [-0.2, 0) is 0 Å². The first-order valence-corrected chi connectivity index (χ1v) is 10.0. The SMILES string of the molecule is C[C@H]1CCCN(c2ccc([C@H](C)NC(=O)NC3CCCCC3)cc2)C1. The molecule has 3 rings (SSSR count). The van der Waals surface area contributed by atoms with Gasteiger partial charge in [-0.3, -0.25) is 0 Å². The number of carbonyl (C=O) groups is 1. The lowest BCUT2D eigenvalue weighted by Crippen LogP contribution is -2.43. The second-order valence-electron chi connectivity index (χ2n) is 7.96. The lowest BCUT2D eigenvalue weighted by molar-refractivity contribution is 0.229. The number of hydrogen-bond donors (Lipinski definition) is 2. The van der Waals surface area contributed by atoms with Crippen LogP contribution in [0.3, 0.4) is 0 Å². The van der Waals surface area contributed by atoms with Gasteiger partial charge >= 0.3 is 6.03 Å². The van der Waals surface area contributed by atoms with Crippen LogP contribution >= 0.6 is 0 Å². The minimum Gasteiger partial charge on any atom is -0.371 e. The van der Waals surface area contributed by atoms with Crippen LogP contribution in [0.25, 0.3) is 0 Å². The molecule has 4 heteroatoms. The smallest absolute Gasteiger partial charge is 0.315 e. The molecule has 0 spiro atoms. The number of benzene rings is 1. The summed E-state index contributed by atoms with van der Waals surface area (Å²) in [6.07, 6.45) is 8.62. The summed E-state index contributed by atoms with van der Waals surface area (Å²) in [7, 11) is 0. The first kappa shape index (κ1) is 18.1. The zero-order valence-electron chi connectivity index (χ0n) is 15.8. The molecule has 1 aliphatic carbocycles. The number of hydrogen-bond acceptors (Lipinski definition) is 2. The van der Waals surface area contributed by atoms with E-state index in [1.54, 1.807) is 0 Å². The van der Waals surface area contributed by atoms with Gasteiger partial charge in [-0.1, -0.05) is 38.3 Å². The van der Waals surface area contributed by atoms with Gasteiger partial charge in [-0.2, -0.15) is 0 Å². The Balaban J connectivity index is 1.51. The van der Waals surface area contributed by atoms with Crippen molar-refractivity contribution in [1.29, 1.82) is 0 Å². The first-order valence-electron chi connectivity index (χ1n) is 10.0. The molecule has 2 atom stereocenters. The van der Waals surface area contributed by atoms with Gasteiger partial charge in [0.2, 0.25) is 0 Å². The van der Waals surface area contributed by atoms with E-state index in [4.69, 9.17) is 0 Å². The van der Waals surface area contributed by atoms with Crippen LogP contribution in [0.15, 0.2) is 24.3 Å². The monoisotopic (exact) mass is 343 g/mol. The molecular formula is C21H33N3O. The summed E-state index contributed by atoms with van der Waals surface area (Å²) in [4.78, 5) is 14.7. The standard InChI is InChI=1S/C21H33N3O/c1-16-7-6-14-24(15-16)20-12-10-18(11-13-20)17(2)22-21(25)23-19-8-4-3-5-9-19/h10-13,16-17,19H,3-9,14-15H2,1-2H3,(H2,22,23,25)/t16-,17-/m0/s1. The van der Waals surface area contributed by atoms with Gasteiger partial charge in [-0.25, -0.2) is 4.79 Å². The second-order valence-corrected chi connectivity index (χ2v) is 7.96. The molecule has 0 bridgehead atoms. The largest absolute Gasteiger partial charge is 0.371 e. The lowest BCUT2D eigenvalue weighted by atomic mass is 9.96. The van der Waals surface area contributed by atoms with Gasteiger partial charge in [0.1, 0.15) is 0 Å². The fraction of sp³-hybridized carbons (Fsp3) is 0.667. The first-order chi connectivity index (χ1) is 12.1. The molecule has 0 unspecified atom stereocenters. The number of urea groups is 1. The maximum absolute atomic E-state index is 12.2. The number of nitrogens with zero attached hydrogens (tertiary/aromatic N) is 1. The summed E-state index contributed by atoms with van der Waals surface area (Å²) in [5.74, 6) is 0.775. The molecule has 2 amide bonds. The molecule has 138 valence electrons. The van der Waals surface area contributed by atoms with Crippen LogP contribution in [0.5, 0.6) is 0 Å². The summed E-state index contributed by atoms with van der Waals surface area (Å²) in [6, 6.07) is 9.05. The average molecular weight is 344 g/mol. The molecule has 0 aromatic heterocycles. The van der Waals surface area contributed by atoms with E-state index >= 15 is 0 Å². The van der Waals surface area contributed by atoms with Crippen molar-refractivity contribution in [1.82, 2.24) is 10.6 Å². The van der Waals surface area contributed by atoms with Crippen LogP contribution in [0, 0.1) is 5.92 Å². The number of carbonyl (C=O) groups excluding carboxylic acids is 1. The Labute approximate surface area is 152 Å². The predicted octanol–water partition coefficient (Wildman–Crippen LogP) is 4.62. The quantitative estimate of drug-likeness (QED) is 0.838. The van der Waals surface area contributed by atoms with Crippen LogP contribution in [0.2, 0.25) is 0 Å². The number of anilines is 1. The molecule has 1 saturated heterocycles. The maximum atomic E-state index is 12.2. The van der Waals surface area contributed by atoms with Crippen LogP contribution < -0.4 is 15.5 Å². The normalized spacial score (nSPS) is 23.1. The molecule has 1 aliphatic heterocycles. The van der Waals surface area contributed by atoms with Crippen LogP contribution in [0.1, 0.15) is 70.4 Å². The van der Waals surface area contributed by atoms with E-state index in [0.29, 0.717) is 6.04 Å². The average Bonchev–Trinajstić information content (AvgIpc) is 2.62. The second kappa shape index (κ2) is 8.59. The third-order valence-electron chi connectivity index (χ3n) is 5.70. The highest BCUT2D eigenvalue weighted by Gasteiger charge is 2.18. The molecule has 1 heterocycles. The number of amides is 2. The summed E-state index contributed by atoms with van der Waals surface area (Å²) in [5, 5.41) is 6.22. The van der Waals surface area contributed by atoms with Gasteiger partial charge in [0, 0.05) is 24.8 Å². The number of nitrogens with one attached hydrogen (secondary N) is 2. The minimum atomic E-state index is -0.0340. The highest BCUT2D eigenvalue weighted by Crippen LogP contribution is 2.24. The zero-order valence-corrected chi connectivity index (χ0v) is 15.8. The molecule has 1 aromatic carbocycles. The van der Waals surface area contributed by atoms with Gasteiger partial charge in [-0.05, 0) is 56.2 Å². The number of rotatable bonds is 4. The summed E-state index contributed by atoms with van der Waals surface area (Å²) in [6.45, 7) is 6.69. The topological polar surface area (TPSA) is 44.4 Å². The van der Waals surface area contributed by atoms with Crippen molar-refractivity contribution in [2.24, 2.45) is 5.92 Å². The summed E-state index contributed by atoms with van der Waals surface area (Å²) in [5.41, 5.74) is 2.46. The van der Waals surface area contributed by atoms with Gasteiger partial charge in [0.05, 0.1) is 6.04 Å². The van der Waals surface area contributed by atoms with E-state index in [9.17, 15) is 4.79 Å².